The van der Waals surface area contributed by atoms with E-state index < -0.39 is 0 Å². The topological polar surface area (TPSA) is 74.0 Å². The lowest BCUT2D eigenvalue weighted by molar-refractivity contribution is -0.117. The van der Waals surface area contributed by atoms with E-state index in [2.05, 4.69) is 27.8 Å². The predicted octanol–water partition coefficient (Wildman–Crippen LogP) is 4.48. The molecule has 2 amide bonds. The van der Waals surface area contributed by atoms with Crippen molar-refractivity contribution in [2.24, 2.45) is 5.92 Å². The smallest absolute Gasteiger partial charge is 0.227 e. The van der Waals surface area contributed by atoms with Gasteiger partial charge in [0.15, 0.2) is 0 Å². The standard InChI is InChI=1S/C22H23N3O2/c26-21(10-3-5-16-14-23-20-9-2-1-8-19(16)20)24-17-6-4-7-18(13-17)25-22(27)15-11-12-15/h1-2,4,6-9,13-15,23H,3,5,10-12H2,(H,24,26)(H,25,27). The van der Waals surface area contributed by atoms with Gasteiger partial charge in [0.25, 0.3) is 0 Å². The van der Waals surface area contributed by atoms with Gasteiger partial charge < -0.3 is 15.6 Å². The number of anilines is 2. The number of para-hydroxylation sites is 1. The minimum absolute atomic E-state index is 0.0134. The Morgan fingerprint density at radius 1 is 1.00 bits per heavy atom. The summed E-state index contributed by atoms with van der Waals surface area (Å²) in [7, 11) is 0. The number of aromatic nitrogens is 1. The van der Waals surface area contributed by atoms with Crippen LogP contribution in [0.5, 0.6) is 0 Å². The van der Waals surface area contributed by atoms with Crippen LogP contribution in [0.25, 0.3) is 10.9 Å². The van der Waals surface area contributed by atoms with Crippen LogP contribution in [-0.4, -0.2) is 16.8 Å². The van der Waals surface area contributed by atoms with Crippen molar-refractivity contribution in [1.82, 2.24) is 4.98 Å². The molecule has 1 aliphatic carbocycles. The molecular weight excluding hydrogens is 338 g/mol. The van der Waals surface area contributed by atoms with Crippen LogP contribution in [0.2, 0.25) is 0 Å². The van der Waals surface area contributed by atoms with E-state index in [1.807, 2.05) is 36.5 Å². The molecule has 0 radical (unpaired) electrons. The number of rotatable bonds is 7. The van der Waals surface area contributed by atoms with Crippen molar-refractivity contribution in [3.8, 4) is 0 Å². The fraction of sp³-hybridized carbons (Fsp3) is 0.273. The fourth-order valence-electron chi connectivity index (χ4n) is 3.27. The lowest BCUT2D eigenvalue weighted by Crippen LogP contribution is -2.14. The van der Waals surface area contributed by atoms with Gasteiger partial charge in [-0.1, -0.05) is 24.3 Å². The van der Waals surface area contributed by atoms with Crippen LogP contribution in [0.15, 0.2) is 54.7 Å². The third-order valence-corrected chi connectivity index (χ3v) is 4.89. The normalized spacial score (nSPS) is 13.5. The summed E-state index contributed by atoms with van der Waals surface area (Å²) in [5.41, 5.74) is 3.80. The van der Waals surface area contributed by atoms with Crippen LogP contribution >= 0.6 is 0 Å². The average Bonchev–Trinajstić information content (AvgIpc) is 3.44. The van der Waals surface area contributed by atoms with E-state index in [4.69, 9.17) is 0 Å². The Hall–Kier alpha value is -3.08. The van der Waals surface area contributed by atoms with E-state index >= 15 is 0 Å². The molecule has 5 heteroatoms. The van der Waals surface area contributed by atoms with Crippen molar-refractivity contribution >= 4 is 34.1 Å². The van der Waals surface area contributed by atoms with Gasteiger partial charge in [-0.15, -0.1) is 0 Å². The first kappa shape index (κ1) is 17.3. The van der Waals surface area contributed by atoms with Gasteiger partial charge in [-0.25, -0.2) is 0 Å². The van der Waals surface area contributed by atoms with Crippen LogP contribution < -0.4 is 10.6 Å². The SMILES string of the molecule is O=C(CCCc1c[nH]c2ccccc12)Nc1cccc(NC(=O)C2CC2)c1. The number of hydrogen-bond donors (Lipinski definition) is 3. The Balaban J connectivity index is 1.28. The van der Waals surface area contributed by atoms with E-state index in [1.165, 1.54) is 10.9 Å². The summed E-state index contributed by atoms with van der Waals surface area (Å²) in [6.07, 6.45) is 6.06. The molecule has 5 nitrogen and oxygen atoms in total. The van der Waals surface area contributed by atoms with Gasteiger partial charge >= 0.3 is 0 Å². The second kappa shape index (κ2) is 7.66. The quantitative estimate of drug-likeness (QED) is 0.580. The van der Waals surface area contributed by atoms with E-state index in [0.717, 1.165) is 36.9 Å². The Kier molecular flexibility index (Phi) is 4.92. The van der Waals surface area contributed by atoms with Crippen molar-refractivity contribution in [3.63, 3.8) is 0 Å². The highest BCUT2D eigenvalue weighted by Gasteiger charge is 2.29. The van der Waals surface area contributed by atoms with Crippen LogP contribution in [0.4, 0.5) is 11.4 Å². The second-order valence-electron chi connectivity index (χ2n) is 7.11. The van der Waals surface area contributed by atoms with Crippen LogP contribution in [0.1, 0.15) is 31.2 Å². The highest BCUT2D eigenvalue weighted by atomic mass is 16.2. The Morgan fingerprint density at radius 3 is 2.59 bits per heavy atom. The number of aromatic amines is 1. The van der Waals surface area contributed by atoms with Gasteiger partial charge in [0, 0.05) is 40.8 Å². The van der Waals surface area contributed by atoms with Crippen molar-refractivity contribution in [2.75, 3.05) is 10.6 Å². The minimum atomic E-state index is -0.0134. The van der Waals surface area contributed by atoms with Gasteiger partial charge in [-0.05, 0) is 55.5 Å². The number of benzene rings is 2. The molecule has 1 aromatic heterocycles. The summed E-state index contributed by atoms with van der Waals surface area (Å²) < 4.78 is 0. The molecule has 138 valence electrons. The average molecular weight is 361 g/mol. The molecule has 0 bridgehead atoms. The summed E-state index contributed by atoms with van der Waals surface area (Å²) in [6.45, 7) is 0. The number of hydrogen-bond acceptors (Lipinski definition) is 2. The van der Waals surface area contributed by atoms with Crippen molar-refractivity contribution < 1.29 is 9.59 Å². The molecular formula is C22H23N3O2. The molecule has 4 rings (SSSR count). The Labute approximate surface area is 158 Å². The summed E-state index contributed by atoms with van der Waals surface area (Å²) >= 11 is 0. The second-order valence-corrected chi connectivity index (χ2v) is 7.11. The molecule has 1 saturated carbocycles. The molecule has 1 aliphatic rings. The molecule has 27 heavy (non-hydrogen) atoms. The summed E-state index contributed by atoms with van der Waals surface area (Å²) in [6, 6.07) is 15.5. The van der Waals surface area contributed by atoms with Crippen LogP contribution in [-0.2, 0) is 16.0 Å². The first-order valence-electron chi connectivity index (χ1n) is 9.45. The van der Waals surface area contributed by atoms with Gasteiger partial charge in [-0.2, -0.15) is 0 Å². The molecule has 0 atom stereocenters. The highest BCUT2D eigenvalue weighted by molar-refractivity contribution is 5.96. The number of nitrogens with one attached hydrogen (secondary N) is 3. The third-order valence-electron chi connectivity index (χ3n) is 4.89. The maximum atomic E-state index is 12.2. The predicted molar refractivity (Wildman–Crippen MR) is 108 cm³/mol. The summed E-state index contributed by atoms with van der Waals surface area (Å²) in [5.74, 6) is 0.213. The van der Waals surface area contributed by atoms with E-state index in [9.17, 15) is 9.59 Å². The molecule has 3 N–H and O–H groups in total. The Morgan fingerprint density at radius 2 is 1.78 bits per heavy atom. The van der Waals surface area contributed by atoms with Crippen molar-refractivity contribution in [2.45, 2.75) is 32.1 Å². The van der Waals surface area contributed by atoms with Crippen molar-refractivity contribution in [3.05, 3.63) is 60.3 Å². The zero-order valence-corrected chi connectivity index (χ0v) is 15.1. The van der Waals surface area contributed by atoms with Crippen LogP contribution in [0.3, 0.4) is 0 Å². The highest BCUT2D eigenvalue weighted by Crippen LogP contribution is 2.30. The summed E-state index contributed by atoms with van der Waals surface area (Å²) in [5, 5.41) is 7.04. The zero-order valence-electron chi connectivity index (χ0n) is 15.1. The molecule has 0 aliphatic heterocycles. The monoisotopic (exact) mass is 361 g/mol. The Bertz CT molecular complexity index is 972. The lowest BCUT2D eigenvalue weighted by atomic mass is 10.1. The largest absolute Gasteiger partial charge is 0.361 e. The van der Waals surface area contributed by atoms with E-state index in [0.29, 0.717) is 12.1 Å². The minimum Gasteiger partial charge on any atom is -0.361 e. The maximum Gasteiger partial charge on any atom is 0.227 e. The van der Waals surface area contributed by atoms with Crippen molar-refractivity contribution in [1.29, 1.82) is 0 Å². The molecule has 0 saturated heterocycles. The van der Waals surface area contributed by atoms with Gasteiger partial charge in [-0.3, -0.25) is 9.59 Å². The van der Waals surface area contributed by atoms with E-state index in [1.54, 1.807) is 6.07 Å². The third kappa shape index (κ3) is 4.37. The number of H-pyrrole nitrogens is 1. The fourth-order valence-corrected chi connectivity index (χ4v) is 3.27. The first-order valence-corrected chi connectivity index (χ1v) is 9.45. The number of carbonyl (C=O) groups excluding carboxylic acids is 2. The maximum absolute atomic E-state index is 12.2. The molecule has 1 fully saturated rings. The lowest BCUT2D eigenvalue weighted by Gasteiger charge is -2.08. The van der Waals surface area contributed by atoms with Gasteiger partial charge in [0.2, 0.25) is 11.8 Å². The van der Waals surface area contributed by atoms with Gasteiger partial charge in [0.1, 0.15) is 0 Å². The first-order chi connectivity index (χ1) is 13.2. The van der Waals surface area contributed by atoms with Gasteiger partial charge in [0.05, 0.1) is 0 Å². The van der Waals surface area contributed by atoms with E-state index in [-0.39, 0.29) is 17.7 Å². The van der Waals surface area contributed by atoms with Crippen LogP contribution in [0, 0.1) is 5.92 Å². The summed E-state index contributed by atoms with van der Waals surface area (Å²) in [4.78, 5) is 27.4. The molecule has 2 aromatic carbocycles. The number of aryl methyl sites for hydroxylation is 1. The zero-order chi connectivity index (χ0) is 18.6. The molecule has 1 heterocycles. The molecule has 0 spiro atoms. The number of fused-ring (bicyclic) bond motifs is 1. The number of amides is 2. The molecule has 3 aromatic rings. The molecule has 0 unspecified atom stereocenters. The number of carbonyl (C=O) groups is 2.